The predicted octanol–water partition coefficient (Wildman–Crippen LogP) is 3.02. The van der Waals surface area contributed by atoms with Crippen molar-refractivity contribution in [3.63, 3.8) is 0 Å². The minimum Gasteiger partial charge on any atom is -0.313 e. The molecule has 90 valence electrons. The van der Waals surface area contributed by atoms with Gasteiger partial charge in [-0.05, 0) is 31.7 Å². The number of nitrogens with zero attached hydrogens (tertiary/aromatic N) is 2. The molecule has 0 bridgehead atoms. The molecule has 1 heterocycles. The van der Waals surface area contributed by atoms with Gasteiger partial charge in [-0.2, -0.15) is 5.10 Å². The number of aryl methyl sites for hydroxylation is 1. The summed E-state index contributed by atoms with van der Waals surface area (Å²) < 4.78 is 1.78. The lowest BCUT2D eigenvalue weighted by Crippen LogP contribution is -2.12. The maximum Gasteiger partial charge on any atom is 0.0568 e. The van der Waals surface area contributed by atoms with Gasteiger partial charge in [0, 0.05) is 35.4 Å². The van der Waals surface area contributed by atoms with Crippen LogP contribution >= 0.6 is 11.6 Å². The van der Waals surface area contributed by atoms with Gasteiger partial charge in [0.25, 0.3) is 0 Å². The number of hydrogen-bond acceptors (Lipinski definition) is 2. The Morgan fingerprint density at radius 1 is 1.41 bits per heavy atom. The van der Waals surface area contributed by atoms with Crippen molar-refractivity contribution in [1.29, 1.82) is 0 Å². The maximum atomic E-state index is 6.23. The first-order valence-electron chi connectivity index (χ1n) is 5.57. The van der Waals surface area contributed by atoms with E-state index in [9.17, 15) is 0 Å². The van der Waals surface area contributed by atoms with Crippen molar-refractivity contribution in [1.82, 2.24) is 15.1 Å². The molecule has 1 atom stereocenters. The summed E-state index contributed by atoms with van der Waals surface area (Å²) in [6.07, 6.45) is 3.80. The Balaban J connectivity index is 2.46. The summed E-state index contributed by atoms with van der Waals surface area (Å²) in [5.74, 6) is 0. The maximum absolute atomic E-state index is 6.23. The van der Waals surface area contributed by atoms with Crippen molar-refractivity contribution in [2.24, 2.45) is 7.05 Å². The molecule has 17 heavy (non-hydrogen) atoms. The van der Waals surface area contributed by atoms with E-state index < -0.39 is 0 Å². The highest BCUT2D eigenvalue weighted by atomic mass is 35.5. The molecule has 0 spiro atoms. The molecule has 2 aromatic rings. The minimum atomic E-state index is 0.308. The highest BCUT2D eigenvalue weighted by Gasteiger charge is 2.09. The van der Waals surface area contributed by atoms with Crippen molar-refractivity contribution < 1.29 is 0 Å². The summed E-state index contributed by atoms with van der Waals surface area (Å²) in [5, 5.41) is 8.15. The van der Waals surface area contributed by atoms with E-state index in [0.717, 1.165) is 16.1 Å². The molecule has 1 aromatic heterocycles. The zero-order valence-electron chi connectivity index (χ0n) is 10.2. The van der Waals surface area contributed by atoms with Crippen LogP contribution in [0.2, 0.25) is 5.02 Å². The lowest BCUT2D eigenvalue weighted by atomic mass is 10.0. The molecule has 0 aliphatic heterocycles. The molecule has 0 amide bonds. The van der Waals surface area contributed by atoms with Gasteiger partial charge in [0.05, 0.1) is 6.20 Å². The van der Waals surface area contributed by atoms with Gasteiger partial charge in [-0.25, -0.2) is 0 Å². The van der Waals surface area contributed by atoms with Crippen LogP contribution in [0.1, 0.15) is 18.5 Å². The van der Waals surface area contributed by atoms with E-state index in [0.29, 0.717) is 6.04 Å². The first-order chi connectivity index (χ1) is 8.11. The zero-order valence-corrected chi connectivity index (χ0v) is 11.0. The molecular formula is C13H16ClN3. The number of hydrogen-bond donors (Lipinski definition) is 1. The second kappa shape index (κ2) is 4.90. The molecule has 0 aliphatic rings. The Labute approximate surface area is 106 Å². The molecule has 3 nitrogen and oxygen atoms in total. The molecule has 1 aromatic carbocycles. The van der Waals surface area contributed by atoms with E-state index in [1.165, 1.54) is 5.56 Å². The number of nitrogens with one attached hydrogen (secondary N) is 1. The van der Waals surface area contributed by atoms with E-state index >= 15 is 0 Å². The average Bonchev–Trinajstić information content (AvgIpc) is 2.75. The van der Waals surface area contributed by atoms with Crippen LogP contribution in [0, 0.1) is 0 Å². The Kier molecular flexibility index (Phi) is 3.50. The molecule has 0 saturated heterocycles. The Morgan fingerprint density at radius 3 is 2.76 bits per heavy atom. The molecular weight excluding hydrogens is 234 g/mol. The highest BCUT2D eigenvalue weighted by molar-refractivity contribution is 6.33. The summed E-state index contributed by atoms with van der Waals surface area (Å²) in [7, 11) is 3.85. The van der Waals surface area contributed by atoms with Crippen LogP contribution in [0.15, 0.2) is 30.6 Å². The molecule has 0 radical (unpaired) electrons. The van der Waals surface area contributed by atoms with Crippen LogP contribution in [-0.2, 0) is 7.05 Å². The second-order valence-corrected chi connectivity index (χ2v) is 4.56. The van der Waals surface area contributed by atoms with Gasteiger partial charge in [-0.15, -0.1) is 0 Å². The van der Waals surface area contributed by atoms with Crippen molar-refractivity contribution in [3.8, 4) is 11.1 Å². The standard InChI is InChI=1S/C13H16ClN3/c1-9(15-2)10-4-5-13(14)12(6-10)11-7-16-17(3)8-11/h4-9,15H,1-3H3. The van der Waals surface area contributed by atoms with Crippen LogP contribution in [0.4, 0.5) is 0 Å². The van der Waals surface area contributed by atoms with Gasteiger partial charge in [0.15, 0.2) is 0 Å². The predicted molar refractivity (Wildman–Crippen MR) is 71.1 cm³/mol. The normalized spacial score (nSPS) is 12.7. The van der Waals surface area contributed by atoms with E-state index in [2.05, 4.69) is 23.4 Å². The van der Waals surface area contributed by atoms with Crippen molar-refractivity contribution in [2.45, 2.75) is 13.0 Å². The summed E-state index contributed by atoms with van der Waals surface area (Å²) in [6, 6.07) is 6.40. The molecule has 4 heteroatoms. The van der Waals surface area contributed by atoms with E-state index in [4.69, 9.17) is 11.6 Å². The molecule has 0 saturated carbocycles. The largest absolute Gasteiger partial charge is 0.313 e. The van der Waals surface area contributed by atoms with Crippen LogP contribution in [0.5, 0.6) is 0 Å². The summed E-state index contributed by atoms with van der Waals surface area (Å²) in [5.41, 5.74) is 3.29. The lowest BCUT2D eigenvalue weighted by molar-refractivity contribution is 0.652. The van der Waals surface area contributed by atoms with Crippen molar-refractivity contribution in [2.75, 3.05) is 7.05 Å². The Bertz CT molecular complexity index is 519. The van der Waals surface area contributed by atoms with Gasteiger partial charge >= 0.3 is 0 Å². The first kappa shape index (κ1) is 12.1. The minimum absolute atomic E-state index is 0.308. The third-order valence-corrected chi connectivity index (χ3v) is 3.27. The van der Waals surface area contributed by atoms with Gasteiger partial charge in [-0.3, -0.25) is 4.68 Å². The summed E-state index contributed by atoms with van der Waals surface area (Å²) in [4.78, 5) is 0. The van der Waals surface area contributed by atoms with E-state index in [1.807, 2.05) is 38.6 Å². The summed E-state index contributed by atoms with van der Waals surface area (Å²) in [6.45, 7) is 2.12. The highest BCUT2D eigenvalue weighted by Crippen LogP contribution is 2.30. The van der Waals surface area contributed by atoms with Gasteiger partial charge in [0.1, 0.15) is 0 Å². The monoisotopic (exact) mass is 249 g/mol. The van der Waals surface area contributed by atoms with E-state index in [1.54, 1.807) is 4.68 Å². The number of halogens is 1. The van der Waals surface area contributed by atoms with Crippen LogP contribution in [0.25, 0.3) is 11.1 Å². The molecule has 2 rings (SSSR count). The fraction of sp³-hybridized carbons (Fsp3) is 0.308. The van der Waals surface area contributed by atoms with Gasteiger partial charge in [-0.1, -0.05) is 17.7 Å². The smallest absolute Gasteiger partial charge is 0.0568 e. The number of aromatic nitrogens is 2. The van der Waals surface area contributed by atoms with Crippen LogP contribution < -0.4 is 5.32 Å². The first-order valence-corrected chi connectivity index (χ1v) is 5.95. The SMILES string of the molecule is CNC(C)c1ccc(Cl)c(-c2cnn(C)c2)c1. The fourth-order valence-electron chi connectivity index (χ4n) is 1.76. The van der Waals surface area contributed by atoms with Gasteiger partial charge in [0.2, 0.25) is 0 Å². The fourth-order valence-corrected chi connectivity index (χ4v) is 1.99. The zero-order chi connectivity index (χ0) is 12.4. The second-order valence-electron chi connectivity index (χ2n) is 4.15. The number of rotatable bonds is 3. The molecule has 0 fully saturated rings. The van der Waals surface area contributed by atoms with Crippen LogP contribution in [-0.4, -0.2) is 16.8 Å². The van der Waals surface area contributed by atoms with Gasteiger partial charge < -0.3 is 5.32 Å². The van der Waals surface area contributed by atoms with Crippen LogP contribution in [0.3, 0.4) is 0 Å². The van der Waals surface area contributed by atoms with E-state index in [-0.39, 0.29) is 0 Å². The lowest BCUT2D eigenvalue weighted by Gasteiger charge is -2.12. The molecule has 0 aliphatic carbocycles. The third kappa shape index (κ3) is 2.51. The molecule has 1 unspecified atom stereocenters. The van der Waals surface area contributed by atoms with Crippen molar-refractivity contribution in [3.05, 3.63) is 41.2 Å². The third-order valence-electron chi connectivity index (χ3n) is 2.94. The summed E-state index contributed by atoms with van der Waals surface area (Å²) >= 11 is 6.23. The Hall–Kier alpha value is -1.32. The molecule has 1 N–H and O–H groups in total. The van der Waals surface area contributed by atoms with Crippen molar-refractivity contribution >= 4 is 11.6 Å². The number of benzene rings is 1. The topological polar surface area (TPSA) is 29.9 Å². The average molecular weight is 250 g/mol. The quantitative estimate of drug-likeness (QED) is 0.906. The Morgan fingerprint density at radius 2 is 2.18 bits per heavy atom.